The normalized spacial score (nSPS) is 14.5. The van der Waals surface area contributed by atoms with Gasteiger partial charge in [-0.25, -0.2) is 0 Å². The van der Waals surface area contributed by atoms with Crippen molar-refractivity contribution in [3.8, 4) is 5.75 Å². The van der Waals surface area contributed by atoms with Crippen LogP contribution in [0.25, 0.3) is 6.08 Å². The molecule has 0 bridgehead atoms. The van der Waals surface area contributed by atoms with Crippen LogP contribution in [-0.2, 0) is 16.0 Å². The van der Waals surface area contributed by atoms with Gasteiger partial charge in [-0.2, -0.15) is 0 Å². The van der Waals surface area contributed by atoms with Crippen LogP contribution in [0.3, 0.4) is 0 Å². The minimum absolute atomic E-state index is 0.113. The van der Waals surface area contributed by atoms with Gasteiger partial charge in [0.2, 0.25) is 0 Å². The lowest BCUT2D eigenvalue weighted by atomic mass is 10.1. The van der Waals surface area contributed by atoms with Gasteiger partial charge in [0.15, 0.2) is 6.61 Å². The lowest BCUT2D eigenvalue weighted by Crippen LogP contribution is -2.30. The lowest BCUT2D eigenvalue weighted by molar-refractivity contribution is -0.122. The highest BCUT2D eigenvalue weighted by Crippen LogP contribution is 2.34. The molecule has 1 saturated heterocycles. The predicted molar refractivity (Wildman–Crippen MR) is 147 cm³/mol. The third kappa shape index (κ3) is 6.18. The Bertz CT molecular complexity index is 1290. The van der Waals surface area contributed by atoms with Gasteiger partial charge in [-0.05, 0) is 55.2 Å². The Morgan fingerprint density at radius 2 is 1.77 bits per heavy atom. The molecule has 1 fully saturated rings. The summed E-state index contributed by atoms with van der Waals surface area (Å²) >= 11 is 6.75. The summed E-state index contributed by atoms with van der Waals surface area (Å²) in [7, 11) is 0. The van der Waals surface area contributed by atoms with Crippen molar-refractivity contribution in [2.45, 2.75) is 20.3 Å². The van der Waals surface area contributed by atoms with E-state index in [1.165, 1.54) is 11.8 Å². The van der Waals surface area contributed by atoms with Gasteiger partial charge in [0.1, 0.15) is 10.1 Å². The summed E-state index contributed by atoms with van der Waals surface area (Å²) in [5, 5.41) is 2.90. The Hall–Kier alpha value is -3.42. The first-order valence-corrected chi connectivity index (χ1v) is 12.5. The van der Waals surface area contributed by atoms with E-state index >= 15 is 0 Å². The highest BCUT2D eigenvalue weighted by molar-refractivity contribution is 8.26. The summed E-state index contributed by atoms with van der Waals surface area (Å²) < 4.78 is 6.37. The number of hydrogen-bond donors (Lipinski definition) is 1. The molecule has 1 N–H and O–H groups in total. The van der Waals surface area contributed by atoms with E-state index < -0.39 is 0 Å². The van der Waals surface area contributed by atoms with Crippen molar-refractivity contribution in [3.63, 3.8) is 0 Å². The molecule has 178 valence electrons. The predicted octanol–water partition coefficient (Wildman–Crippen LogP) is 5.76. The number of aryl methyl sites for hydroxylation is 1. The second-order valence-corrected chi connectivity index (χ2v) is 9.87. The molecule has 0 aliphatic carbocycles. The van der Waals surface area contributed by atoms with Gasteiger partial charge in [-0.3, -0.25) is 14.5 Å². The number of thiocarbonyl (C=S) groups is 1. The second-order valence-electron chi connectivity index (χ2n) is 8.19. The Labute approximate surface area is 215 Å². The molecule has 0 aromatic heterocycles. The van der Waals surface area contributed by atoms with Crippen LogP contribution in [0.15, 0.2) is 77.7 Å². The van der Waals surface area contributed by atoms with E-state index in [-0.39, 0.29) is 18.4 Å². The smallest absolute Gasteiger partial charge is 0.266 e. The second kappa shape index (κ2) is 11.3. The minimum atomic E-state index is -0.249. The number of anilines is 1. The van der Waals surface area contributed by atoms with Crippen molar-refractivity contribution in [1.82, 2.24) is 4.90 Å². The summed E-state index contributed by atoms with van der Waals surface area (Å²) in [4.78, 5) is 27.7. The summed E-state index contributed by atoms with van der Waals surface area (Å²) in [6.07, 6.45) is 2.51. The van der Waals surface area contributed by atoms with Crippen LogP contribution in [0.5, 0.6) is 5.75 Å². The largest absolute Gasteiger partial charge is 0.483 e. The van der Waals surface area contributed by atoms with Crippen molar-refractivity contribution in [1.29, 1.82) is 0 Å². The van der Waals surface area contributed by atoms with Crippen molar-refractivity contribution in [2.75, 3.05) is 18.5 Å². The first kappa shape index (κ1) is 24.7. The summed E-state index contributed by atoms with van der Waals surface area (Å²) in [5.41, 5.74) is 4.77. The average molecular weight is 503 g/mol. The molecule has 0 atom stereocenters. The fourth-order valence-corrected chi connectivity index (χ4v) is 4.97. The zero-order valence-electron chi connectivity index (χ0n) is 19.6. The zero-order valence-corrected chi connectivity index (χ0v) is 21.2. The van der Waals surface area contributed by atoms with Gasteiger partial charge >= 0.3 is 0 Å². The number of ether oxygens (including phenoxy) is 1. The van der Waals surface area contributed by atoms with Gasteiger partial charge in [-0.15, -0.1) is 0 Å². The number of rotatable bonds is 8. The average Bonchev–Trinajstić information content (AvgIpc) is 3.12. The number of para-hydroxylation sites is 1. The molecule has 4 rings (SSSR count). The van der Waals surface area contributed by atoms with Crippen LogP contribution in [0.2, 0.25) is 0 Å². The Balaban J connectivity index is 1.41. The number of carbonyl (C=O) groups is 2. The summed E-state index contributed by atoms with van der Waals surface area (Å²) in [5.74, 6) is 0.164. The standard InChI is InChI=1S/C28H26N2O3S2/c1-19-9-8-13-23(20(19)2)29-26(31)18-33-24-14-7-6-12-22(24)17-25-27(32)30(28(34)35-25)16-15-21-10-4-3-5-11-21/h3-14,17H,15-16,18H2,1-2H3,(H,29,31)/b25-17-. The molecule has 0 unspecified atom stereocenters. The van der Waals surface area contributed by atoms with Crippen molar-refractivity contribution in [2.24, 2.45) is 0 Å². The molecule has 5 nitrogen and oxygen atoms in total. The van der Waals surface area contributed by atoms with Crippen LogP contribution in [0.1, 0.15) is 22.3 Å². The van der Waals surface area contributed by atoms with E-state index in [9.17, 15) is 9.59 Å². The van der Waals surface area contributed by atoms with Crippen LogP contribution in [0.4, 0.5) is 5.69 Å². The zero-order chi connectivity index (χ0) is 24.8. The van der Waals surface area contributed by atoms with Crippen molar-refractivity contribution < 1.29 is 14.3 Å². The van der Waals surface area contributed by atoms with Crippen molar-refractivity contribution in [3.05, 3.63) is 100.0 Å². The number of benzene rings is 3. The van der Waals surface area contributed by atoms with Gasteiger partial charge in [0, 0.05) is 17.8 Å². The number of amides is 2. The topological polar surface area (TPSA) is 58.6 Å². The fraction of sp³-hybridized carbons (Fsp3) is 0.179. The highest BCUT2D eigenvalue weighted by Gasteiger charge is 2.31. The molecule has 0 spiro atoms. The maximum absolute atomic E-state index is 13.0. The van der Waals surface area contributed by atoms with E-state index in [1.807, 2.05) is 80.6 Å². The lowest BCUT2D eigenvalue weighted by Gasteiger charge is -2.14. The van der Waals surface area contributed by atoms with Crippen molar-refractivity contribution >= 4 is 51.9 Å². The van der Waals surface area contributed by atoms with E-state index in [0.717, 1.165) is 34.4 Å². The third-order valence-corrected chi connectivity index (χ3v) is 7.16. The van der Waals surface area contributed by atoms with Gasteiger partial charge in [-0.1, -0.05) is 84.6 Å². The summed E-state index contributed by atoms with van der Waals surface area (Å²) in [6.45, 7) is 4.36. The van der Waals surface area contributed by atoms with E-state index in [4.69, 9.17) is 17.0 Å². The quantitative estimate of drug-likeness (QED) is 0.313. The fourth-order valence-electron chi connectivity index (χ4n) is 3.67. The first-order valence-electron chi connectivity index (χ1n) is 11.3. The number of hydrogen-bond acceptors (Lipinski definition) is 5. The number of carbonyl (C=O) groups excluding carboxylic acids is 2. The SMILES string of the molecule is Cc1cccc(NC(=O)COc2ccccc2/C=C2\SC(=S)N(CCc3ccccc3)C2=O)c1C. The van der Waals surface area contributed by atoms with Crippen LogP contribution >= 0.6 is 24.0 Å². The molecule has 1 aliphatic rings. The monoisotopic (exact) mass is 502 g/mol. The molecule has 1 aliphatic heterocycles. The van der Waals surface area contributed by atoms with Crippen LogP contribution < -0.4 is 10.1 Å². The van der Waals surface area contributed by atoms with Gasteiger partial charge in [0.05, 0.1) is 4.91 Å². The van der Waals surface area contributed by atoms with Crippen LogP contribution in [-0.4, -0.2) is 34.2 Å². The maximum Gasteiger partial charge on any atom is 0.266 e. The van der Waals surface area contributed by atoms with Gasteiger partial charge in [0.25, 0.3) is 11.8 Å². The highest BCUT2D eigenvalue weighted by atomic mass is 32.2. The number of nitrogens with one attached hydrogen (secondary N) is 1. The molecular weight excluding hydrogens is 476 g/mol. The number of nitrogens with zero attached hydrogens (tertiary/aromatic N) is 1. The molecule has 7 heteroatoms. The Kier molecular flexibility index (Phi) is 8.00. The van der Waals surface area contributed by atoms with E-state index in [1.54, 1.807) is 17.0 Å². The summed E-state index contributed by atoms with van der Waals surface area (Å²) in [6, 6.07) is 23.1. The molecular formula is C28H26N2O3S2. The van der Waals surface area contributed by atoms with E-state index in [0.29, 0.717) is 21.5 Å². The van der Waals surface area contributed by atoms with Gasteiger partial charge < -0.3 is 10.1 Å². The molecule has 1 heterocycles. The molecule has 0 saturated carbocycles. The Morgan fingerprint density at radius 1 is 1.03 bits per heavy atom. The number of thioether (sulfide) groups is 1. The minimum Gasteiger partial charge on any atom is -0.483 e. The Morgan fingerprint density at radius 3 is 2.57 bits per heavy atom. The molecule has 35 heavy (non-hydrogen) atoms. The first-order chi connectivity index (χ1) is 16.9. The molecule has 3 aromatic carbocycles. The molecule has 0 radical (unpaired) electrons. The molecule has 2 amide bonds. The molecule has 3 aromatic rings. The maximum atomic E-state index is 13.0. The third-order valence-electron chi connectivity index (χ3n) is 5.78. The van der Waals surface area contributed by atoms with E-state index in [2.05, 4.69) is 5.32 Å². The van der Waals surface area contributed by atoms with Crippen LogP contribution in [0, 0.1) is 13.8 Å².